The molecule has 4 N–H and O–H groups in total. The van der Waals surface area contributed by atoms with E-state index in [1.807, 2.05) is 6.92 Å². The molecule has 0 aliphatic carbocycles. The molecule has 1 aromatic carbocycles. The number of thioether (sulfide) groups is 1. The molecule has 2 heterocycles. The maximum absolute atomic E-state index is 12.9. The molecule has 1 aromatic rings. The molecule has 2 saturated heterocycles. The molecule has 4 atom stereocenters. The third-order valence-electron chi connectivity index (χ3n) is 5.62. The number of piperidine rings is 1. The second-order valence-corrected chi connectivity index (χ2v) is 11.0. The number of hydrogen-bond donors (Lipinski definition) is 4. The van der Waals surface area contributed by atoms with Gasteiger partial charge in [0.25, 0.3) is 0 Å². The summed E-state index contributed by atoms with van der Waals surface area (Å²) in [6.07, 6.45) is -0.0161. The van der Waals surface area contributed by atoms with Gasteiger partial charge in [0.1, 0.15) is 0 Å². The van der Waals surface area contributed by atoms with Crippen molar-refractivity contribution < 1.29 is 27.5 Å². The Morgan fingerprint density at radius 3 is 2.58 bits per heavy atom. The van der Waals surface area contributed by atoms with Crippen LogP contribution in [0.5, 0.6) is 0 Å². The summed E-state index contributed by atoms with van der Waals surface area (Å²) >= 11 is 1.45. The Kier molecular flexibility index (Phi) is 8.74. The van der Waals surface area contributed by atoms with Crippen LogP contribution in [0, 0.1) is 18.8 Å². The number of rotatable bonds is 7. The summed E-state index contributed by atoms with van der Waals surface area (Å²) in [6, 6.07) is 6.55. The Morgan fingerprint density at radius 2 is 1.88 bits per heavy atom. The van der Waals surface area contributed by atoms with Crippen LogP contribution in [-0.2, 0) is 24.3 Å². The maximum Gasteiger partial charge on any atom is 0.413 e. The van der Waals surface area contributed by atoms with Gasteiger partial charge < -0.3 is 15.4 Å². The zero-order valence-corrected chi connectivity index (χ0v) is 20.3. The second kappa shape index (κ2) is 11.3. The van der Waals surface area contributed by atoms with Crippen molar-refractivity contribution in [2.75, 3.05) is 18.9 Å². The number of amides is 3. The number of alkyl carbamates (subject to hydrolysis) is 1. The zero-order valence-electron chi connectivity index (χ0n) is 18.6. The largest absolute Gasteiger partial charge is 0.450 e. The molecule has 0 aromatic heterocycles. The van der Waals surface area contributed by atoms with E-state index in [0.29, 0.717) is 25.1 Å². The van der Waals surface area contributed by atoms with Gasteiger partial charge in [-0.15, -0.1) is 11.8 Å². The summed E-state index contributed by atoms with van der Waals surface area (Å²) in [7, 11) is -3.73. The van der Waals surface area contributed by atoms with Crippen LogP contribution < -0.4 is 20.7 Å². The first-order valence-electron chi connectivity index (χ1n) is 10.9. The third-order valence-corrected chi connectivity index (χ3v) is 8.38. The summed E-state index contributed by atoms with van der Waals surface area (Å²) < 4.78 is 32.7. The molecular formula is C21H30N4O6S2. The molecule has 3 rings (SSSR count). The number of imide groups is 1. The van der Waals surface area contributed by atoms with Crippen LogP contribution in [0.15, 0.2) is 29.2 Å². The van der Waals surface area contributed by atoms with E-state index in [1.165, 1.54) is 11.8 Å². The molecule has 12 heteroatoms. The molecule has 0 saturated carbocycles. The quantitative estimate of drug-likeness (QED) is 0.437. The molecular weight excluding hydrogens is 468 g/mol. The Morgan fingerprint density at radius 1 is 1.15 bits per heavy atom. The lowest BCUT2D eigenvalue weighted by Gasteiger charge is -2.31. The Balaban J connectivity index is 1.56. The van der Waals surface area contributed by atoms with Crippen molar-refractivity contribution in [3.05, 3.63) is 29.8 Å². The molecule has 33 heavy (non-hydrogen) atoms. The molecule has 182 valence electrons. The van der Waals surface area contributed by atoms with Crippen molar-refractivity contribution in [1.82, 2.24) is 20.7 Å². The van der Waals surface area contributed by atoms with Crippen LogP contribution in [0.4, 0.5) is 4.79 Å². The molecule has 4 unspecified atom stereocenters. The number of sulfonamides is 1. The fourth-order valence-electron chi connectivity index (χ4n) is 3.84. The molecule has 3 amide bonds. The highest BCUT2D eigenvalue weighted by Gasteiger charge is 2.38. The number of nitrogens with one attached hydrogen (secondary N) is 4. The Labute approximate surface area is 198 Å². The Bertz CT molecular complexity index is 969. The lowest BCUT2D eigenvalue weighted by Crippen LogP contribution is -2.53. The van der Waals surface area contributed by atoms with Gasteiger partial charge in [0.05, 0.1) is 29.0 Å². The van der Waals surface area contributed by atoms with Gasteiger partial charge in [0, 0.05) is 5.92 Å². The van der Waals surface area contributed by atoms with E-state index in [4.69, 9.17) is 4.74 Å². The number of hydrogen-bond acceptors (Lipinski definition) is 8. The van der Waals surface area contributed by atoms with Gasteiger partial charge in [0.2, 0.25) is 21.8 Å². The lowest BCUT2D eigenvalue weighted by molar-refractivity contribution is -0.127. The minimum atomic E-state index is -3.73. The summed E-state index contributed by atoms with van der Waals surface area (Å²) in [4.78, 5) is 37.0. The van der Waals surface area contributed by atoms with Crippen LogP contribution >= 0.6 is 11.8 Å². The predicted molar refractivity (Wildman–Crippen MR) is 124 cm³/mol. The van der Waals surface area contributed by atoms with Gasteiger partial charge in [-0.05, 0) is 57.5 Å². The van der Waals surface area contributed by atoms with Gasteiger partial charge in [-0.2, -0.15) is 4.72 Å². The molecule has 0 spiro atoms. The minimum Gasteiger partial charge on any atom is -0.450 e. The maximum atomic E-state index is 12.9. The Hall–Kier alpha value is -2.15. The van der Waals surface area contributed by atoms with E-state index < -0.39 is 45.4 Å². The monoisotopic (exact) mass is 498 g/mol. The first kappa shape index (κ1) is 25.5. The molecule has 2 fully saturated rings. The lowest BCUT2D eigenvalue weighted by atomic mass is 9.95. The number of aryl methyl sites for hydroxylation is 1. The summed E-state index contributed by atoms with van der Waals surface area (Å²) in [5, 5.41) is 7.77. The standard InChI is InChI=1S/C21H30N4O6S2/c1-3-31-21(28)24-19(27)16-9-11-32-20(16)23-18(26)14-8-10-22-17(12-14)25-33(29,30)15-6-4-13(2)5-7-15/h4-7,14,16-17,20,22,25H,3,8-12H2,1-2H3,(H,23,26)(H,24,27,28). The summed E-state index contributed by atoms with van der Waals surface area (Å²) in [5.41, 5.74) is 0.959. The van der Waals surface area contributed by atoms with Gasteiger partial charge in [-0.3, -0.25) is 14.9 Å². The second-order valence-electron chi connectivity index (χ2n) is 8.07. The highest BCUT2D eigenvalue weighted by molar-refractivity contribution is 8.00. The molecule has 2 aliphatic rings. The van der Waals surface area contributed by atoms with E-state index in [0.717, 1.165) is 5.56 Å². The number of ether oxygens (including phenoxy) is 1. The first-order valence-corrected chi connectivity index (χ1v) is 13.4. The highest BCUT2D eigenvalue weighted by Crippen LogP contribution is 2.31. The fraction of sp³-hybridized carbons (Fsp3) is 0.571. The van der Waals surface area contributed by atoms with Gasteiger partial charge in [-0.1, -0.05) is 17.7 Å². The first-order chi connectivity index (χ1) is 15.7. The van der Waals surface area contributed by atoms with Crippen molar-refractivity contribution in [2.45, 2.75) is 49.5 Å². The van der Waals surface area contributed by atoms with Crippen LogP contribution in [-0.4, -0.2) is 56.8 Å². The van der Waals surface area contributed by atoms with Crippen molar-refractivity contribution in [3.63, 3.8) is 0 Å². The SMILES string of the molecule is CCOC(=O)NC(=O)C1CCSC1NC(=O)C1CCNC(NS(=O)(=O)c2ccc(C)cc2)C1. The van der Waals surface area contributed by atoms with Crippen LogP contribution in [0.2, 0.25) is 0 Å². The smallest absolute Gasteiger partial charge is 0.413 e. The van der Waals surface area contributed by atoms with Gasteiger partial charge in [-0.25, -0.2) is 13.2 Å². The van der Waals surface area contributed by atoms with Crippen LogP contribution in [0.25, 0.3) is 0 Å². The highest BCUT2D eigenvalue weighted by atomic mass is 32.2. The van der Waals surface area contributed by atoms with Gasteiger partial charge in [0.15, 0.2) is 0 Å². The van der Waals surface area contributed by atoms with E-state index in [2.05, 4.69) is 20.7 Å². The minimum absolute atomic E-state index is 0.156. The predicted octanol–water partition coefficient (Wildman–Crippen LogP) is 1.07. The summed E-state index contributed by atoms with van der Waals surface area (Å²) in [5.74, 6) is -0.980. The van der Waals surface area contributed by atoms with Crippen molar-refractivity contribution in [1.29, 1.82) is 0 Å². The third kappa shape index (κ3) is 6.92. The van der Waals surface area contributed by atoms with Crippen LogP contribution in [0.3, 0.4) is 0 Å². The van der Waals surface area contributed by atoms with Crippen molar-refractivity contribution in [2.24, 2.45) is 11.8 Å². The van der Waals surface area contributed by atoms with E-state index in [9.17, 15) is 22.8 Å². The average Bonchev–Trinajstić information content (AvgIpc) is 3.22. The molecule has 10 nitrogen and oxygen atoms in total. The van der Waals surface area contributed by atoms with Crippen molar-refractivity contribution >= 4 is 39.7 Å². The van der Waals surface area contributed by atoms with Crippen molar-refractivity contribution in [3.8, 4) is 0 Å². The van der Waals surface area contributed by atoms with E-state index >= 15 is 0 Å². The number of carbonyl (C=O) groups is 3. The molecule has 0 bridgehead atoms. The van der Waals surface area contributed by atoms with Gasteiger partial charge >= 0.3 is 6.09 Å². The fourth-order valence-corrected chi connectivity index (χ4v) is 6.36. The van der Waals surface area contributed by atoms with E-state index in [1.54, 1.807) is 31.2 Å². The number of carbonyl (C=O) groups excluding carboxylic acids is 3. The topological polar surface area (TPSA) is 143 Å². The average molecular weight is 499 g/mol. The van der Waals surface area contributed by atoms with E-state index in [-0.39, 0.29) is 23.8 Å². The molecule has 2 aliphatic heterocycles. The number of benzene rings is 1. The van der Waals surface area contributed by atoms with Crippen LogP contribution in [0.1, 0.15) is 31.7 Å². The summed E-state index contributed by atoms with van der Waals surface area (Å²) in [6.45, 7) is 4.15. The zero-order chi connectivity index (χ0) is 24.0. The molecule has 0 radical (unpaired) electrons. The normalized spacial score (nSPS) is 25.3.